The molecule has 2 aromatic rings. The number of aliphatic imine (C=N–C) groups is 1. The van der Waals surface area contributed by atoms with Gasteiger partial charge in [0, 0.05) is 11.8 Å². The van der Waals surface area contributed by atoms with Crippen molar-refractivity contribution in [3.05, 3.63) is 58.9 Å². The molecule has 0 aliphatic heterocycles. The zero-order chi connectivity index (χ0) is 16.7. The van der Waals surface area contributed by atoms with E-state index in [1.54, 1.807) is 19.1 Å². The first-order valence-electron chi connectivity index (χ1n) is 5.84. The summed E-state index contributed by atoms with van der Waals surface area (Å²) in [6.07, 6.45) is 1.09. The molecule has 0 atom stereocenters. The van der Waals surface area contributed by atoms with E-state index in [9.17, 15) is 18.3 Å². The predicted octanol–water partition coefficient (Wildman–Crippen LogP) is 5.25. The van der Waals surface area contributed by atoms with Gasteiger partial charge in [0.1, 0.15) is 11.4 Å². The van der Waals surface area contributed by atoms with Crippen LogP contribution < -0.4 is 0 Å². The Balaban J connectivity index is 0.000000745. The Kier molecular flexibility index (Phi) is 7.97. The number of aromatic hydroxyl groups is 1. The van der Waals surface area contributed by atoms with Gasteiger partial charge in [-0.3, -0.25) is 0 Å². The topological polar surface area (TPSA) is 32.6 Å². The Morgan fingerprint density at radius 2 is 1.68 bits per heavy atom. The van der Waals surface area contributed by atoms with E-state index in [0.717, 1.165) is 12.3 Å². The van der Waals surface area contributed by atoms with Crippen LogP contribution in [0.4, 0.5) is 18.9 Å². The summed E-state index contributed by atoms with van der Waals surface area (Å²) in [5.74, 6) is -3.55. The number of phenols is 1. The van der Waals surface area contributed by atoms with Crippen LogP contribution in [0.5, 0.6) is 5.75 Å². The normalized spacial score (nSPS) is 10.3. The second-order valence-electron chi connectivity index (χ2n) is 4.03. The van der Waals surface area contributed by atoms with Gasteiger partial charge in [0.25, 0.3) is 0 Å². The van der Waals surface area contributed by atoms with Crippen molar-refractivity contribution in [2.45, 2.75) is 6.92 Å². The van der Waals surface area contributed by atoms with Crippen LogP contribution in [0.1, 0.15) is 11.1 Å². The van der Waals surface area contributed by atoms with Gasteiger partial charge in [-0.15, -0.1) is 0 Å². The molecule has 0 amide bonds. The Labute approximate surface area is 142 Å². The van der Waals surface area contributed by atoms with Crippen molar-refractivity contribution in [3.8, 4) is 5.75 Å². The molecule has 1 N–H and O–H groups in total. The summed E-state index contributed by atoms with van der Waals surface area (Å²) < 4.78 is 39.6. The van der Waals surface area contributed by atoms with E-state index in [-0.39, 0.29) is 5.75 Å². The third-order valence-electron chi connectivity index (χ3n) is 2.62. The average molecular weight is 384 g/mol. The van der Waals surface area contributed by atoms with Gasteiger partial charge in [-0.1, -0.05) is 12.1 Å². The van der Waals surface area contributed by atoms with E-state index < -0.39 is 40.2 Å². The third-order valence-corrected chi connectivity index (χ3v) is 2.62. The van der Waals surface area contributed by atoms with Crippen LogP contribution in [0.3, 0.4) is 0 Å². The summed E-state index contributed by atoms with van der Waals surface area (Å²) in [7, 11) is 9.78. The summed E-state index contributed by atoms with van der Waals surface area (Å²) in [6.45, 7) is 1.68. The summed E-state index contributed by atoms with van der Waals surface area (Å²) in [6, 6.07) is 6.35. The van der Waals surface area contributed by atoms with Crippen LogP contribution in [0.2, 0.25) is 0 Å². The van der Waals surface area contributed by atoms with Crippen molar-refractivity contribution in [1.29, 1.82) is 0 Å². The molecule has 22 heavy (non-hydrogen) atoms. The Bertz CT molecular complexity index is 683. The fraction of sp³-hybridized carbons (Fsp3) is 0.0714. The second kappa shape index (κ2) is 9.20. The van der Waals surface area contributed by atoms with Crippen molar-refractivity contribution < 1.29 is 35.3 Å². The number of phenolic OH excluding ortho intramolecular Hbond substituents is 1. The molecule has 0 heterocycles. The van der Waals surface area contributed by atoms with Gasteiger partial charge in [0.05, 0.1) is 0 Å². The standard InChI is InChI=1S/C14H10F3NO.2ClH.Ti/c1-8-3-2-4-9(14(8)19)7-18-13-11(16)6-5-10(15)12(13)17;;;/h2-7,19H,1H3;2*1H;/q;;;+2/p-2. The first-order chi connectivity index (χ1) is 10.4. The molecular weight excluding hydrogens is 374 g/mol. The van der Waals surface area contributed by atoms with E-state index in [1.165, 1.54) is 6.07 Å². The maximum absolute atomic E-state index is 13.4. The molecule has 0 unspecified atom stereocenters. The molecule has 0 aliphatic rings. The molecule has 2 aromatic carbocycles. The number of halogens is 5. The van der Waals surface area contributed by atoms with Gasteiger partial charge in [-0.05, 0) is 30.7 Å². The fourth-order valence-corrected chi connectivity index (χ4v) is 1.55. The first-order valence-corrected chi connectivity index (χ1v) is 10.1. The molecule has 0 radical (unpaired) electrons. The minimum atomic E-state index is -1.36. The Morgan fingerprint density at radius 3 is 2.32 bits per heavy atom. The number of rotatable bonds is 2. The van der Waals surface area contributed by atoms with Crippen molar-refractivity contribution in [2.75, 3.05) is 0 Å². The van der Waals surface area contributed by atoms with Gasteiger partial charge in [-0.25, -0.2) is 18.2 Å². The molecule has 0 aromatic heterocycles. The molecular formula is C14H10Cl2F3NOTi. The van der Waals surface area contributed by atoms with Crippen molar-refractivity contribution in [2.24, 2.45) is 4.99 Å². The zero-order valence-electron chi connectivity index (χ0n) is 11.2. The molecule has 116 valence electrons. The molecule has 2 rings (SSSR count). The van der Waals surface area contributed by atoms with Crippen molar-refractivity contribution in [1.82, 2.24) is 0 Å². The SMILES string of the molecule is Cc1cccc(C=Nc2c(F)ccc(F)c2F)c1O.[Cl][Ti][Cl]. The third kappa shape index (κ3) is 5.02. The van der Waals surface area contributed by atoms with Crippen LogP contribution in [0, 0.1) is 24.4 Å². The number of para-hydroxylation sites is 1. The number of hydrogen-bond acceptors (Lipinski definition) is 2. The molecule has 0 fully saturated rings. The average Bonchev–Trinajstić information content (AvgIpc) is 2.48. The van der Waals surface area contributed by atoms with Crippen LogP contribution in [-0.2, 0) is 17.0 Å². The van der Waals surface area contributed by atoms with E-state index in [1.807, 2.05) is 0 Å². The molecule has 0 saturated heterocycles. The maximum atomic E-state index is 13.4. The summed E-state index contributed by atoms with van der Waals surface area (Å²) in [5, 5.41) is 9.72. The van der Waals surface area contributed by atoms with Crippen LogP contribution >= 0.6 is 18.6 Å². The summed E-state index contributed by atoms with van der Waals surface area (Å²) in [4.78, 5) is 3.56. The second-order valence-corrected chi connectivity index (χ2v) is 6.61. The van der Waals surface area contributed by atoms with Crippen molar-refractivity contribution >= 4 is 30.5 Å². The van der Waals surface area contributed by atoms with Gasteiger partial charge < -0.3 is 5.11 Å². The van der Waals surface area contributed by atoms with E-state index >= 15 is 0 Å². The summed E-state index contributed by atoms with van der Waals surface area (Å²) >= 11 is -0.556. The van der Waals surface area contributed by atoms with Gasteiger partial charge in [0.2, 0.25) is 0 Å². The molecule has 0 bridgehead atoms. The monoisotopic (exact) mass is 383 g/mol. The molecule has 0 saturated carbocycles. The predicted molar refractivity (Wildman–Crippen MR) is 78.1 cm³/mol. The minimum absolute atomic E-state index is 0.0385. The number of hydrogen-bond donors (Lipinski definition) is 1. The van der Waals surface area contributed by atoms with E-state index in [2.05, 4.69) is 4.99 Å². The van der Waals surface area contributed by atoms with Crippen LogP contribution in [-0.4, -0.2) is 11.3 Å². The summed E-state index contributed by atoms with van der Waals surface area (Å²) in [5.41, 5.74) is 0.174. The van der Waals surface area contributed by atoms with Gasteiger partial charge in [-0.2, -0.15) is 0 Å². The van der Waals surface area contributed by atoms with Gasteiger partial charge in [0.15, 0.2) is 17.5 Å². The molecule has 8 heteroatoms. The van der Waals surface area contributed by atoms with Crippen molar-refractivity contribution in [3.63, 3.8) is 0 Å². The Morgan fingerprint density at radius 1 is 1.09 bits per heavy atom. The quantitative estimate of drug-likeness (QED) is 0.429. The van der Waals surface area contributed by atoms with Gasteiger partial charge >= 0.3 is 35.6 Å². The number of nitrogens with zero attached hydrogens (tertiary/aromatic N) is 1. The molecule has 2 nitrogen and oxygen atoms in total. The fourth-order valence-electron chi connectivity index (χ4n) is 1.55. The number of aryl methyl sites for hydroxylation is 1. The van der Waals surface area contributed by atoms with Crippen LogP contribution in [0.15, 0.2) is 35.3 Å². The van der Waals surface area contributed by atoms with E-state index in [0.29, 0.717) is 17.2 Å². The van der Waals surface area contributed by atoms with Crippen LogP contribution in [0.25, 0.3) is 0 Å². The zero-order valence-corrected chi connectivity index (χ0v) is 14.3. The number of benzene rings is 2. The first kappa shape index (κ1) is 19.0. The van der Waals surface area contributed by atoms with E-state index in [4.69, 9.17) is 18.6 Å². The Hall–Kier alpha value is -1.01. The molecule has 0 aliphatic carbocycles. The molecule has 0 spiro atoms.